The van der Waals surface area contributed by atoms with E-state index in [4.69, 9.17) is 0 Å². The van der Waals surface area contributed by atoms with Gasteiger partial charge >= 0.3 is 0 Å². The van der Waals surface area contributed by atoms with E-state index in [9.17, 15) is 5.11 Å². The van der Waals surface area contributed by atoms with Gasteiger partial charge in [0.15, 0.2) is 0 Å². The number of aliphatic hydroxyl groups excluding tert-OH is 1. The van der Waals surface area contributed by atoms with Crippen molar-refractivity contribution in [1.29, 1.82) is 0 Å². The molecule has 0 aliphatic heterocycles. The first-order chi connectivity index (χ1) is 6.84. The molecule has 1 fully saturated rings. The van der Waals surface area contributed by atoms with Crippen LogP contribution in [0.15, 0.2) is 24.5 Å². The van der Waals surface area contributed by atoms with E-state index in [1.165, 1.54) is 0 Å². The molecule has 0 aromatic carbocycles. The van der Waals surface area contributed by atoms with Gasteiger partial charge in [-0.05, 0) is 37.8 Å². The fourth-order valence-electron chi connectivity index (χ4n) is 1.98. The van der Waals surface area contributed by atoms with Gasteiger partial charge in [-0.1, -0.05) is 0 Å². The molecule has 1 aromatic heterocycles. The molecule has 0 amide bonds. The van der Waals surface area contributed by atoms with Crippen LogP contribution in [0.2, 0.25) is 0 Å². The molecule has 3 heteroatoms. The number of nitrogens with one attached hydrogen (secondary N) is 1. The first-order valence-electron chi connectivity index (χ1n) is 5.19. The third kappa shape index (κ3) is 2.45. The molecule has 2 N–H and O–H groups in total. The van der Waals surface area contributed by atoms with Gasteiger partial charge in [0.25, 0.3) is 0 Å². The molecule has 1 aliphatic rings. The molecule has 1 saturated carbocycles. The molecule has 2 unspecified atom stereocenters. The van der Waals surface area contributed by atoms with Gasteiger partial charge in [-0.3, -0.25) is 4.98 Å². The summed E-state index contributed by atoms with van der Waals surface area (Å²) in [6.07, 6.45) is 7.52. The van der Waals surface area contributed by atoms with Crippen molar-refractivity contribution in [3.63, 3.8) is 0 Å². The molecule has 76 valence electrons. The van der Waals surface area contributed by atoms with E-state index in [2.05, 4.69) is 10.3 Å². The molecule has 0 radical (unpaired) electrons. The number of aliphatic hydroxyl groups is 1. The van der Waals surface area contributed by atoms with Crippen LogP contribution in [0.4, 0.5) is 5.69 Å². The molecule has 14 heavy (non-hydrogen) atoms. The van der Waals surface area contributed by atoms with Crippen LogP contribution in [-0.2, 0) is 0 Å². The van der Waals surface area contributed by atoms with Gasteiger partial charge in [-0.2, -0.15) is 0 Å². The van der Waals surface area contributed by atoms with Crippen molar-refractivity contribution < 1.29 is 5.11 Å². The predicted octanol–water partition coefficient (Wildman–Crippen LogP) is 1.80. The zero-order valence-electron chi connectivity index (χ0n) is 8.19. The number of pyridine rings is 1. The monoisotopic (exact) mass is 192 g/mol. The average Bonchev–Trinajstić information content (AvgIpc) is 2.19. The van der Waals surface area contributed by atoms with Crippen molar-refractivity contribution in [3.8, 4) is 0 Å². The maximum absolute atomic E-state index is 9.51. The predicted molar refractivity (Wildman–Crippen MR) is 56.1 cm³/mol. The summed E-state index contributed by atoms with van der Waals surface area (Å²) in [4.78, 5) is 3.96. The van der Waals surface area contributed by atoms with Crippen LogP contribution in [0.25, 0.3) is 0 Å². The number of aromatic nitrogens is 1. The summed E-state index contributed by atoms with van der Waals surface area (Å²) in [5.74, 6) is 0. The summed E-state index contributed by atoms with van der Waals surface area (Å²) in [5.41, 5.74) is 1.10. The molecule has 3 nitrogen and oxygen atoms in total. The second-order valence-electron chi connectivity index (χ2n) is 3.90. The quantitative estimate of drug-likeness (QED) is 0.751. The molecule has 1 aromatic rings. The van der Waals surface area contributed by atoms with Gasteiger partial charge in [0.05, 0.1) is 6.10 Å². The summed E-state index contributed by atoms with van der Waals surface area (Å²) in [6.45, 7) is 0. The summed E-state index contributed by atoms with van der Waals surface area (Å²) < 4.78 is 0. The molecule has 0 bridgehead atoms. The Morgan fingerprint density at radius 3 is 2.79 bits per heavy atom. The zero-order chi connectivity index (χ0) is 9.80. The van der Waals surface area contributed by atoms with Crippen LogP contribution in [-0.4, -0.2) is 22.2 Å². The summed E-state index contributed by atoms with van der Waals surface area (Å²) in [5, 5.41) is 12.9. The molecular weight excluding hydrogens is 176 g/mol. The first kappa shape index (κ1) is 9.46. The molecule has 1 heterocycles. The minimum Gasteiger partial charge on any atom is -0.393 e. The van der Waals surface area contributed by atoms with E-state index in [0.717, 1.165) is 31.4 Å². The lowest BCUT2D eigenvalue weighted by atomic mass is 9.93. The Kier molecular flexibility index (Phi) is 2.99. The van der Waals surface area contributed by atoms with E-state index >= 15 is 0 Å². The summed E-state index contributed by atoms with van der Waals surface area (Å²) in [7, 11) is 0. The Morgan fingerprint density at radius 2 is 2.07 bits per heavy atom. The zero-order valence-corrected chi connectivity index (χ0v) is 8.19. The van der Waals surface area contributed by atoms with Gasteiger partial charge in [-0.25, -0.2) is 0 Å². The maximum atomic E-state index is 9.51. The van der Waals surface area contributed by atoms with E-state index in [1.54, 1.807) is 12.4 Å². The summed E-state index contributed by atoms with van der Waals surface area (Å²) in [6, 6.07) is 4.34. The molecular formula is C11H16N2O. The Labute approximate surface area is 84.2 Å². The van der Waals surface area contributed by atoms with Crippen molar-refractivity contribution in [3.05, 3.63) is 24.5 Å². The van der Waals surface area contributed by atoms with Crippen LogP contribution in [0.5, 0.6) is 0 Å². The Morgan fingerprint density at radius 1 is 1.29 bits per heavy atom. The van der Waals surface area contributed by atoms with Crippen molar-refractivity contribution in [2.75, 3.05) is 5.32 Å². The molecule has 1 aliphatic carbocycles. The SMILES string of the molecule is OC1CCCC(Nc2ccncc2)C1. The van der Waals surface area contributed by atoms with E-state index in [0.29, 0.717) is 6.04 Å². The minimum absolute atomic E-state index is 0.122. The molecule has 0 spiro atoms. The Balaban J connectivity index is 1.91. The average molecular weight is 192 g/mol. The normalized spacial score (nSPS) is 27.2. The van der Waals surface area contributed by atoms with Gasteiger partial charge in [0.2, 0.25) is 0 Å². The topological polar surface area (TPSA) is 45.1 Å². The van der Waals surface area contributed by atoms with E-state index < -0.39 is 0 Å². The lowest BCUT2D eigenvalue weighted by molar-refractivity contribution is 0.124. The van der Waals surface area contributed by atoms with Gasteiger partial charge in [-0.15, -0.1) is 0 Å². The van der Waals surface area contributed by atoms with Crippen molar-refractivity contribution in [2.24, 2.45) is 0 Å². The van der Waals surface area contributed by atoms with E-state index in [-0.39, 0.29) is 6.10 Å². The maximum Gasteiger partial charge on any atom is 0.0559 e. The van der Waals surface area contributed by atoms with Crippen molar-refractivity contribution >= 4 is 5.69 Å². The summed E-state index contributed by atoms with van der Waals surface area (Å²) >= 11 is 0. The second-order valence-corrected chi connectivity index (χ2v) is 3.90. The number of rotatable bonds is 2. The van der Waals surface area contributed by atoms with Gasteiger partial charge < -0.3 is 10.4 Å². The number of anilines is 1. The molecule has 0 saturated heterocycles. The smallest absolute Gasteiger partial charge is 0.0559 e. The number of hydrogen-bond acceptors (Lipinski definition) is 3. The van der Waals surface area contributed by atoms with Crippen LogP contribution in [0.3, 0.4) is 0 Å². The fraction of sp³-hybridized carbons (Fsp3) is 0.545. The third-order valence-electron chi connectivity index (χ3n) is 2.70. The lowest BCUT2D eigenvalue weighted by Crippen LogP contribution is -2.29. The van der Waals surface area contributed by atoms with Crippen LogP contribution >= 0.6 is 0 Å². The third-order valence-corrected chi connectivity index (χ3v) is 2.70. The minimum atomic E-state index is -0.122. The first-order valence-corrected chi connectivity index (χ1v) is 5.19. The van der Waals surface area contributed by atoms with Crippen LogP contribution in [0.1, 0.15) is 25.7 Å². The molecule has 2 atom stereocenters. The standard InChI is InChI=1S/C11H16N2O/c14-11-3-1-2-10(8-11)13-9-4-6-12-7-5-9/h4-7,10-11,14H,1-3,8H2,(H,12,13). The van der Waals surface area contributed by atoms with Crippen LogP contribution in [0, 0.1) is 0 Å². The second kappa shape index (κ2) is 4.42. The Hall–Kier alpha value is -1.09. The van der Waals surface area contributed by atoms with Crippen LogP contribution < -0.4 is 5.32 Å². The highest BCUT2D eigenvalue weighted by atomic mass is 16.3. The van der Waals surface area contributed by atoms with E-state index in [1.807, 2.05) is 12.1 Å². The number of hydrogen-bond donors (Lipinski definition) is 2. The Bertz CT molecular complexity index is 276. The van der Waals surface area contributed by atoms with Gasteiger partial charge in [0.1, 0.15) is 0 Å². The van der Waals surface area contributed by atoms with Crippen molar-refractivity contribution in [2.45, 2.75) is 37.8 Å². The number of nitrogens with zero attached hydrogens (tertiary/aromatic N) is 1. The molecule has 2 rings (SSSR count). The highest BCUT2D eigenvalue weighted by Crippen LogP contribution is 2.21. The largest absolute Gasteiger partial charge is 0.393 e. The fourth-order valence-corrected chi connectivity index (χ4v) is 1.98. The highest BCUT2D eigenvalue weighted by Gasteiger charge is 2.19. The van der Waals surface area contributed by atoms with Crippen molar-refractivity contribution in [1.82, 2.24) is 4.98 Å². The highest BCUT2D eigenvalue weighted by molar-refractivity contribution is 5.41. The lowest BCUT2D eigenvalue weighted by Gasteiger charge is -2.27. The van der Waals surface area contributed by atoms with Gasteiger partial charge in [0, 0.05) is 24.1 Å².